The van der Waals surface area contributed by atoms with Gasteiger partial charge in [-0.1, -0.05) is 29.8 Å². The second-order valence-electron chi connectivity index (χ2n) is 3.08. The molecule has 0 N–H and O–H groups in total. The van der Waals surface area contributed by atoms with Crippen LogP contribution in [-0.2, 0) is 0 Å². The molecule has 0 saturated heterocycles. The Morgan fingerprint density at radius 2 is 2.00 bits per heavy atom. The Morgan fingerprint density at radius 1 is 1.36 bits per heavy atom. The Morgan fingerprint density at radius 3 is 2.45 bits per heavy atom. The summed E-state index contributed by atoms with van der Waals surface area (Å²) in [6, 6.07) is 0. The Hall–Kier alpha value is 0.0400. The molecule has 0 nitrogen and oxygen atoms in total. The highest BCUT2D eigenvalue weighted by atomic mass is 79.9. The molecular formula is C10H17Br. The van der Waals surface area contributed by atoms with Gasteiger partial charge in [0, 0.05) is 11.2 Å². The number of hydrogen-bond acceptors (Lipinski definition) is 0. The fraction of sp³-hybridized carbons (Fsp3) is 0.800. The maximum absolute atomic E-state index is 3.65. The standard InChI is InChI=1S/C10H17Br/c1-4-5-6-7-8-10(11)9(2)3/h9-10H,6-8H2,1-3H3. The summed E-state index contributed by atoms with van der Waals surface area (Å²) >= 11 is 3.65. The zero-order valence-corrected chi connectivity index (χ0v) is 9.24. The van der Waals surface area contributed by atoms with Gasteiger partial charge >= 0.3 is 0 Å². The second-order valence-corrected chi connectivity index (χ2v) is 4.26. The third-order valence-corrected chi connectivity index (χ3v) is 3.20. The number of rotatable bonds is 4. The molecule has 1 atom stereocenters. The van der Waals surface area contributed by atoms with E-state index < -0.39 is 0 Å². The molecule has 0 heterocycles. The van der Waals surface area contributed by atoms with E-state index in [0.29, 0.717) is 4.83 Å². The van der Waals surface area contributed by atoms with Crippen LogP contribution in [0.25, 0.3) is 0 Å². The van der Waals surface area contributed by atoms with Gasteiger partial charge < -0.3 is 0 Å². The van der Waals surface area contributed by atoms with Crippen LogP contribution in [0.5, 0.6) is 0 Å². The monoisotopic (exact) mass is 216 g/mol. The van der Waals surface area contributed by atoms with Crippen LogP contribution in [0.4, 0.5) is 0 Å². The summed E-state index contributed by atoms with van der Waals surface area (Å²) in [6.45, 7) is 6.38. The minimum Gasteiger partial charge on any atom is -0.107 e. The Labute approximate surface area is 78.9 Å². The van der Waals surface area contributed by atoms with Gasteiger partial charge in [0.25, 0.3) is 0 Å². The lowest BCUT2D eigenvalue weighted by molar-refractivity contribution is 0.567. The predicted octanol–water partition coefficient (Wildman–Crippen LogP) is 3.60. The number of halogens is 1. The molecule has 1 heteroatoms. The van der Waals surface area contributed by atoms with Gasteiger partial charge in [-0.25, -0.2) is 0 Å². The number of alkyl halides is 1. The van der Waals surface area contributed by atoms with Gasteiger partial charge in [-0.15, -0.1) is 11.8 Å². The van der Waals surface area contributed by atoms with Crippen molar-refractivity contribution in [1.82, 2.24) is 0 Å². The first-order chi connectivity index (χ1) is 5.18. The summed E-state index contributed by atoms with van der Waals surface area (Å²) in [4.78, 5) is 0.668. The lowest BCUT2D eigenvalue weighted by Gasteiger charge is -2.11. The average molecular weight is 217 g/mol. The molecule has 0 amide bonds. The first kappa shape index (κ1) is 11.0. The summed E-state index contributed by atoms with van der Waals surface area (Å²) in [5.74, 6) is 6.72. The molecule has 0 bridgehead atoms. The van der Waals surface area contributed by atoms with Crippen LogP contribution >= 0.6 is 15.9 Å². The van der Waals surface area contributed by atoms with E-state index in [2.05, 4.69) is 41.6 Å². The van der Waals surface area contributed by atoms with Crippen LogP contribution in [0.3, 0.4) is 0 Å². The van der Waals surface area contributed by atoms with Gasteiger partial charge in [0.2, 0.25) is 0 Å². The molecule has 0 aliphatic rings. The van der Waals surface area contributed by atoms with Gasteiger partial charge in [0.15, 0.2) is 0 Å². The highest BCUT2D eigenvalue weighted by molar-refractivity contribution is 9.09. The molecule has 0 rings (SSSR count). The zero-order chi connectivity index (χ0) is 8.69. The van der Waals surface area contributed by atoms with E-state index >= 15 is 0 Å². The molecule has 0 aromatic carbocycles. The normalized spacial score (nSPS) is 12.5. The van der Waals surface area contributed by atoms with E-state index in [-0.39, 0.29) is 0 Å². The highest BCUT2D eigenvalue weighted by Crippen LogP contribution is 2.17. The molecule has 0 fully saturated rings. The summed E-state index contributed by atoms with van der Waals surface area (Å²) < 4.78 is 0. The first-order valence-electron chi connectivity index (χ1n) is 4.22. The Balaban J connectivity index is 3.29. The fourth-order valence-electron chi connectivity index (χ4n) is 0.844. The van der Waals surface area contributed by atoms with Crippen LogP contribution in [0.15, 0.2) is 0 Å². The second kappa shape index (κ2) is 6.73. The molecule has 0 saturated carbocycles. The molecule has 0 aliphatic heterocycles. The molecule has 1 unspecified atom stereocenters. The van der Waals surface area contributed by atoms with E-state index in [1.807, 2.05) is 6.92 Å². The minimum atomic E-state index is 0.668. The summed E-state index contributed by atoms with van der Waals surface area (Å²) in [5, 5.41) is 0. The van der Waals surface area contributed by atoms with Gasteiger partial charge in [-0.05, 0) is 25.7 Å². The number of unbranched alkanes of at least 4 members (excludes halogenated alkanes) is 1. The van der Waals surface area contributed by atoms with Crippen LogP contribution < -0.4 is 0 Å². The van der Waals surface area contributed by atoms with Crippen LogP contribution in [0.2, 0.25) is 0 Å². The van der Waals surface area contributed by atoms with Crippen molar-refractivity contribution >= 4 is 15.9 Å². The molecule has 11 heavy (non-hydrogen) atoms. The van der Waals surface area contributed by atoms with Crippen molar-refractivity contribution in [3.8, 4) is 11.8 Å². The fourth-order valence-corrected chi connectivity index (χ4v) is 1.17. The van der Waals surface area contributed by atoms with Crippen molar-refractivity contribution in [1.29, 1.82) is 0 Å². The molecule has 0 aliphatic carbocycles. The molecule has 0 spiro atoms. The van der Waals surface area contributed by atoms with E-state index in [4.69, 9.17) is 0 Å². The lowest BCUT2D eigenvalue weighted by atomic mass is 10.1. The highest BCUT2D eigenvalue weighted by Gasteiger charge is 2.06. The van der Waals surface area contributed by atoms with Crippen LogP contribution in [0.1, 0.15) is 40.0 Å². The van der Waals surface area contributed by atoms with Crippen LogP contribution in [0, 0.1) is 17.8 Å². The summed E-state index contributed by atoms with van der Waals surface area (Å²) in [5.41, 5.74) is 0. The van der Waals surface area contributed by atoms with Gasteiger partial charge in [-0.3, -0.25) is 0 Å². The van der Waals surface area contributed by atoms with Crippen molar-refractivity contribution in [2.24, 2.45) is 5.92 Å². The zero-order valence-electron chi connectivity index (χ0n) is 7.65. The molecule has 0 aromatic rings. The number of hydrogen-bond donors (Lipinski definition) is 0. The molecule has 0 radical (unpaired) electrons. The van der Waals surface area contributed by atoms with E-state index in [9.17, 15) is 0 Å². The van der Waals surface area contributed by atoms with Gasteiger partial charge in [0.05, 0.1) is 0 Å². The summed E-state index contributed by atoms with van der Waals surface area (Å²) in [7, 11) is 0. The lowest BCUT2D eigenvalue weighted by Crippen LogP contribution is -2.06. The van der Waals surface area contributed by atoms with E-state index in [1.54, 1.807) is 0 Å². The van der Waals surface area contributed by atoms with E-state index in [1.165, 1.54) is 12.8 Å². The van der Waals surface area contributed by atoms with Gasteiger partial charge in [0.1, 0.15) is 0 Å². The van der Waals surface area contributed by atoms with Crippen molar-refractivity contribution in [3.63, 3.8) is 0 Å². The maximum Gasteiger partial charge on any atom is 0.0169 e. The van der Waals surface area contributed by atoms with E-state index in [0.717, 1.165) is 12.3 Å². The third kappa shape index (κ3) is 6.44. The minimum absolute atomic E-state index is 0.668. The molecule has 64 valence electrons. The van der Waals surface area contributed by atoms with Crippen molar-refractivity contribution < 1.29 is 0 Å². The van der Waals surface area contributed by atoms with Gasteiger partial charge in [-0.2, -0.15) is 0 Å². The summed E-state index contributed by atoms with van der Waals surface area (Å²) in [6.07, 6.45) is 3.51. The molecule has 0 aromatic heterocycles. The largest absolute Gasteiger partial charge is 0.107 e. The molecular weight excluding hydrogens is 200 g/mol. The topological polar surface area (TPSA) is 0 Å². The first-order valence-corrected chi connectivity index (χ1v) is 5.13. The maximum atomic E-state index is 3.65. The third-order valence-electron chi connectivity index (χ3n) is 1.68. The quantitative estimate of drug-likeness (QED) is 0.383. The van der Waals surface area contributed by atoms with Crippen molar-refractivity contribution in [3.05, 3.63) is 0 Å². The van der Waals surface area contributed by atoms with Crippen molar-refractivity contribution in [2.45, 2.75) is 44.9 Å². The SMILES string of the molecule is CC#CCCCC(Br)C(C)C. The van der Waals surface area contributed by atoms with Crippen LogP contribution in [-0.4, -0.2) is 4.83 Å². The Kier molecular flexibility index (Phi) is 6.76. The average Bonchev–Trinajstić information content (AvgIpc) is 1.97. The van der Waals surface area contributed by atoms with Crippen molar-refractivity contribution in [2.75, 3.05) is 0 Å². The Bertz CT molecular complexity index is 139. The smallest absolute Gasteiger partial charge is 0.0169 e. The predicted molar refractivity (Wildman–Crippen MR) is 54.9 cm³/mol.